The first-order valence-electron chi connectivity index (χ1n) is 7.78. The number of benzene rings is 2. The molecule has 0 aliphatic carbocycles. The fourth-order valence-corrected chi connectivity index (χ4v) is 2.52. The largest absolute Gasteiger partial charge is 0.344 e. The molecule has 0 radical (unpaired) electrons. The number of rotatable bonds is 4. The molecule has 0 fully saturated rings. The third-order valence-corrected chi connectivity index (χ3v) is 4.17. The van der Waals surface area contributed by atoms with Gasteiger partial charge in [-0.1, -0.05) is 63.2 Å². The molecule has 0 unspecified atom stereocenters. The minimum absolute atomic E-state index is 0.00716. The third kappa shape index (κ3) is 3.66. The second-order valence-electron chi connectivity index (χ2n) is 6.99. The standard InChI is InChI=1S/C19H26N2O/c1-19(2,3)17(20)18(22)21(4)13-12-15-10-7-9-14-8-5-6-11-16(14)15/h5-11,17H,12-13,20H2,1-4H3/t17-/m1/s1. The van der Waals surface area contributed by atoms with E-state index in [1.807, 2.05) is 33.9 Å². The summed E-state index contributed by atoms with van der Waals surface area (Å²) in [5.74, 6) is 0.00716. The van der Waals surface area contributed by atoms with Crippen LogP contribution in [-0.2, 0) is 11.2 Å². The number of amides is 1. The smallest absolute Gasteiger partial charge is 0.239 e. The van der Waals surface area contributed by atoms with E-state index in [4.69, 9.17) is 5.73 Å². The Kier molecular flexibility index (Phi) is 4.87. The highest BCUT2D eigenvalue weighted by Gasteiger charge is 2.29. The summed E-state index contributed by atoms with van der Waals surface area (Å²) in [4.78, 5) is 14.1. The van der Waals surface area contributed by atoms with E-state index < -0.39 is 6.04 Å². The van der Waals surface area contributed by atoms with Crippen LogP contribution in [0.1, 0.15) is 26.3 Å². The number of likely N-dealkylation sites (N-methyl/N-ethyl adjacent to an activating group) is 1. The molecule has 3 heteroatoms. The van der Waals surface area contributed by atoms with Crippen LogP contribution >= 0.6 is 0 Å². The SMILES string of the molecule is CN(CCc1cccc2ccccc12)C(=O)[C@@H](N)C(C)(C)C. The van der Waals surface area contributed by atoms with E-state index in [2.05, 4.69) is 36.4 Å². The summed E-state index contributed by atoms with van der Waals surface area (Å²) in [6.07, 6.45) is 0.834. The van der Waals surface area contributed by atoms with Crippen molar-refractivity contribution in [3.63, 3.8) is 0 Å². The van der Waals surface area contributed by atoms with Crippen molar-refractivity contribution in [3.05, 3.63) is 48.0 Å². The molecule has 0 aliphatic rings. The Balaban J connectivity index is 2.07. The summed E-state index contributed by atoms with van der Waals surface area (Å²) in [5, 5.41) is 2.49. The molecule has 118 valence electrons. The lowest BCUT2D eigenvalue weighted by molar-refractivity contribution is -0.133. The molecule has 1 amide bonds. The van der Waals surface area contributed by atoms with Crippen LogP contribution in [0.5, 0.6) is 0 Å². The molecule has 2 aromatic rings. The molecule has 2 aromatic carbocycles. The fourth-order valence-electron chi connectivity index (χ4n) is 2.52. The Labute approximate surface area is 133 Å². The zero-order valence-corrected chi connectivity index (χ0v) is 14.0. The number of nitrogens with two attached hydrogens (primary N) is 1. The van der Waals surface area contributed by atoms with Crippen LogP contribution in [0, 0.1) is 5.41 Å². The molecule has 2 rings (SSSR count). The van der Waals surface area contributed by atoms with E-state index in [1.165, 1.54) is 16.3 Å². The topological polar surface area (TPSA) is 46.3 Å². The number of carbonyl (C=O) groups is 1. The van der Waals surface area contributed by atoms with Crippen molar-refractivity contribution < 1.29 is 4.79 Å². The van der Waals surface area contributed by atoms with E-state index in [9.17, 15) is 4.79 Å². The Hall–Kier alpha value is -1.87. The lowest BCUT2D eigenvalue weighted by atomic mass is 9.86. The minimum Gasteiger partial charge on any atom is -0.344 e. The first-order chi connectivity index (χ1) is 10.3. The maximum absolute atomic E-state index is 12.4. The second kappa shape index (κ2) is 6.49. The molecule has 22 heavy (non-hydrogen) atoms. The lowest BCUT2D eigenvalue weighted by Gasteiger charge is -2.30. The predicted molar refractivity (Wildman–Crippen MR) is 92.7 cm³/mol. The van der Waals surface area contributed by atoms with Crippen LogP contribution < -0.4 is 5.73 Å². The average molecular weight is 298 g/mol. The molecule has 0 bridgehead atoms. The molecule has 2 N–H and O–H groups in total. The predicted octanol–water partition coefficient (Wildman–Crippen LogP) is 3.21. The fraction of sp³-hybridized carbons (Fsp3) is 0.421. The lowest BCUT2D eigenvalue weighted by Crippen LogP contribution is -2.49. The van der Waals surface area contributed by atoms with Crippen LogP contribution in [0.25, 0.3) is 10.8 Å². The van der Waals surface area contributed by atoms with Crippen molar-refractivity contribution in [2.45, 2.75) is 33.2 Å². The molecule has 0 heterocycles. The number of hydrogen-bond donors (Lipinski definition) is 1. The molecule has 0 aliphatic heterocycles. The van der Waals surface area contributed by atoms with Gasteiger partial charge >= 0.3 is 0 Å². The van der Waals surface area contributed by atoms with Gasteiger partial charge in [-0.2, -0.15) is 0 Å². The maximum Gasteiger partial charge on any atom is 0.239 e. The van der Waals surface area contributed by atoms with E-state index in [0.717, 1.165) is 6.42 Å². The van der Waals surface area contributed by atoms with Crippen molar-refractivity contribution in [3.8, 4) is 0 Å². The zero-order chi connectivity index (χ0) is 16.3. The summed E-state index contributed by atoms with van der Waals surface area (Å²) in [5.41, 5.74) is 7.11. The second-order valence-corrected chi connectivity index (χ2v) is 6.99. The number of hydrogen-bond acceptors (Lipinski definition) is 2. The average Bonchev–Trinajstić information content (AvgIpc) is 2.50. The van der Waals surface area contributed by atoms with Crippen molar-refractivity contribution in [1.29, 1.82) is 0 Å². The molecule has 0 aromatic heterocycles. The summed E-state index contributed by atoms with van der Waals surface area (Å²) < 4.78 is 0. The van der Waals surface area contributed by atoms with Crippen molar-refractivity contribution in [2.24, 2.45) is 11.1 Å². The van der Waals surface area contributed by atoms with Crippen molar-refractivity contribution in [2.75, 3.05) is 13.6 Å². The highest BCUT2D eigenvalue weighted by atomic mass is 16.2. The van der Waals surface area contributed by atoms with Gasteiger partial charge in [0.15, 0.2) is 0 Å². The highest BCUT2D eigenvalue weighted by molar-refractivity contribution is 5.86. The molecule has 0 saturated carbocycles. The zero-order valence-electron chi connectivity index (χ0n) is 14.0. The van der Waals surface area contributed by atoms with Gasteiger partial charge in [0, 0.05) is 13.6 Å². The van der Waals surface area contributed by atoms with Crippen LogP contribution in [-0.4, -0.2) is 30.4 Å². The Bertz CT molecular complexity index is 653. The van der Waals surface area contributed by atoms with E-state index >= 15 is 0 Å². The van der Waals surface area contributed by atoms with Gasteiger partial charge in [0.25, 0.3) is 0 Å². The maximum atomic E-state index is 12.4. The molecule has 0 saturated heterocycles. The van der Waals surface area contributed by atoms with Crippen LogP contribution in [0.15, 0.2) is 42.5 Å². The Morgan fingerprint density at radius 2 is 1.77 bits per heavy atom. The highest BCUT2D eigenvalue weighted by Crippen LogP contribution is 2.21. The molecular formula is C19H26N2O. The van der Waals surface area contributed by atoms with E-state index in [-0.39, 0.29) is 11.3 Å². The van der Waals surface area contributed by atoms with Crippen LogP contribution in [0.4, 0.5) is 0 Å². The Morgan fingerprint density at radius 1 is 1.14 bits per heavy atom. The first-order valence-corrected chi connectivity index (χ1v) is 7.78. The van der Waals surface area contributed by atoms with Gasteiger partial charge in [-0.25, -0.2) is 0 Å². The number of carbonyl (C=O) groups excluding carboxylic acids is 1. The molecule has 3 nitrogen and oxygen atoms in total. The van der Waals surface area contributed by atoms with Gasteiger partial charge in [-0.3, -0.25) is 4.79 Å². The molecular weight excluding hydrogens is 272 g/mol. The van der Waals surface area contributed by atoms with Gasteiger partial charge in [-0.05, 0) is 28.2 Å². The summed E-state index contributed by atoms with van der Waals surface area (Å²) in [7, 11) is 1.83. The van der Waals surface area contributed by atoms with Gasteiger partial charge in [0.2, 0.25) is 5.91 Å². The summed E-state index contributed by atoms with van der Waals surface area (Å²) in [6.45, 7) is 6.66. The van der Waals surface area contributed by atoms with Gasteiger partial charge < -0.3 is 10.6 Å². The van der Waals surface area contributed by atoms with Crippen LogP contribution in [0.2, 0.25) is 0 Å². The van der Waals surface area contributed by atoms with Gasteiger partial charge in [-0.15, -0.1) is 0 Å². The monoisotopic (exact) mass is 298 g/mol. The van der Waals surface area contributed by atoms with E-state index in [0.29, 0.717) is 6.54 Å². The first kappa shape index (κ1) is 16.5. The van der Waals surface area contributed by atoms with Crippen molar-refractivity contribution in [1.82, 2.24) is 4.90 Å². The minimum atomic E-state index is -0.468. The summed E-state index contributed by atoms with van der Waals surface area (Å²) >= 11 is 0. The molecule has 0 spiro atoms. The number of nitrogens with zero attached hydrogens (tertiary/aromatic N) is 1. The third-order valence-electron chi connectivity index (χ3n) is 4.17. The van der Waals surface area contributed by atoms with Gasteiger partial charge in [0.1, 0.15) is 0 Å². The quantitative estimate of drug-likeness (QED) is 0.942. The van der Waals surface area contributed by atoms with Crippen molar-refractivity contribution >= 4 is 16.7 Å². The normalized spacial score (nSPS) is 13.1. The number of fused-ring (bicyclic) bond motifs is 1. The van der Waals surface area contributed by atoms with E-state index in [1.54, 1.807) is 4.90 Å². The van der Waals surface area contributed by atoms with Crippen LogP contribution in [0.3, 0.4) is 0 Å². The molecule has 1 atom stereocenters. The van der Waals surface area contributed by atoms with Gasteiger partial charge in [0.05, 0.1) is 6.04 Å². The Morgan fingerprint density at radius 3 is 2.45 bits per heavy atom. The summed E-state index contributed by atoms with van der Waals surface area (Å²) in [6, 6.07) is 14.2.